The summed E-state index contributed by atoms with van der Waals surface area (Å²) in [5.74, 6) is 1.70. The van der Waals surface area contributed by atoms with Gasteiger partial charge in [-0.25, -0.2) is 0 Å². The van der Waals surface area contributed by atoms with Crippen molar-refractivity contribution in [3.8, 4) is 22.6 Å². The molecule has 2 aliphatic heterocycles. The van der Waals surface area contributed by atoms with E-state index in [-0.39, 0.29) is 6.71 Å². The lowest BCUT2D eigenvalue weighted by molar-refractivity contribution is 0.487. The zero-order valence-electron chi connectivity index (χ0n) is 33.5. The molecule has 0 atom stereocenters. The van der Waals surface area contributed by atoms with E-state index in [2.05, 4.69) is 187 Å². The predicted molar refractivity (Wildman–Crippen MR) is 258 cm³/mol. The molecule has 4 nitrogen and oxygen atoms in total. The lowest BCUT2D eigenvalue weighted by Gasteiger charge is -2.42. The normalized spacial score (nSPS) is 13.7. The summed E-state index contributed by atoms with van der Waals surface area (Å²) in [4.78, 5) is 4.77. The minimum absolute atomic E-state index is 0.0989. The fourth-order valence-corrected chi connectivity index (χ4v) is 10.0. The van der Waals surface area contributed by atoms with Gasteiger partial charge in [-0.1, -0.05) is 135 Å². The lowest BCUT2D eigenvalue weighted by atomic mass is 9.33. The van der Waals surface area contributed by atoms with E-state index in [1.165, 1.54) is 21.9 Å². The van der Waals surface area contributed by atoms with Crippen LogP contribution in [0.3, 0.4) is 0 Å². The Balaban J connectivity index is 1.08. The van der Waals surface area contributed by atoms with Gasteiger partial charge in [0.05, 0.1) is 0 Å². The van der Waals surface area contributed by atoms with Crippen molar-refractivity contribution in [2.75, 3.05) is 9.80 Å². The Kier molecular flexibility index (Phi) is 8.04. The Morgan fingerprint density at radius 1 is 0.557 bits per heavy atom. The van der Waals surface area contributed by atoms with Gasteiger partial charge < -0.3 is 19.0 Å². The highest BCUT2D eigenvalue weighted by molar-refractivity contribution is 7.00. The molecule has 9 aromatic rings. The summed E-state index contributed by atoms with van der Waals surface area (Å²) >= 11 is 0. The van der Waals surface area contributed by atoms with Crippen molar-refractivity contribution < 1.29 is 9.15 Å². The Bertz CT molecular complexity index is 3340. The van der Waals surface area contributed by atoms with Gasteiger partial charge in [0.25, 0.3) is 6.71 Å². The highest BCUT2D eigenvalue weighted by Crippen LogP contribution is 2.46. The summed E-state index contributed by atoms with van der Waals surface area (Å²) in [5.41, 5.74) is 16.3. The Morgan fingerprint density at radius 2 is 1.26 bits per heavy atom. The molecule has 3 heterocycles. The Hall–Kier alpha value is -7.76. The van der Waals surface area contributed by atoms with Crippen molar-refractivity contribution in [2.45, 2.75) is 12.8 Å². The van der Waals surface area contributed by atoms with Crippen LogP contribution in [0, 0.1) is 0 Å². The molecule has 0 saturated heterocycles. The number of furan rings is 1. The van der Waals surface area contributed by atoms with Crippen molar-refractivity contribution in [2.24, 2.45) is 0 Å². The molecular weight excluding hydrogens is 743 g/mol. The van der Waals surface area contributed by atoms with E-state index in [9.17, 15) is 0 Å². The van der Waals surface area contributed by atoms with E-state index in [4.69, 9.17) is 9.15 Å². The van der Waals surface area contributed by atoms with E-state index in [0.29, 0.717) is 0 Å². The van der Waals surface area contributed by atoms with Gasteiger partial charge in [0.2, 0.25) is 0 Å². The van der Waals surface area contributed by atoms with Gasteiger partial charge in [0, 0.05) is 56.5 Å². The summed E-state index contributed by atoms with van der Waals surface area (Å²) in [6, 6.07) is 56.1. The van der Waals surface area contributed by atoms with E-state index in [0.717, 1.165) is 108 Å². The third kappa shape index (κ3) is 5.40. The smallest absolute Gasteiger partial charge is 0.257 e. The molecule has 3 aliphatic rings. The van der Waals surface area contributed by atoms with Gasteiger partial charge in [0.15, 0.2) is 0 Å². The minimum atomic E-state index is -0.0989. The molecule has 12 rings (SSSR count). The molecule has 1 aliphatic carbocycles. The predicted octanol–water partition coefficient (Wildman–Crippen LogP) is 13.5. The quantitative estimate of drug-likeness (QED) is 0.151. The van der Waals surface area contributed by atoms with Crippen LogP contribution in [0.4, 0.5) is 28.4 Å². The highest BCUT2D eigenvalue weighted by atomic mass is 16.5. The zero-order valence-corrected chi connectivity index (χ0v) is 33.5. The third-order valence-corrected chi connectivity index (χ3v) is 12.7. The van der Waals surface area contributed by atoms with E-state index in [1.54, 1.807) is 0 Å². The lowest BCUT2D eigenvalue weighted by Crippen LogP contribution is -2.60. The van der Waals surface area contributed by atoms with E-state index in [1.807, 2.05) is 24.3 Å². The van der Waals surface area contributed by atoms with Gasteiger partial charge >= 0.3 is 0 Å². The average molecular weight is 783 g/mol. The first-order valence-electron chi connectivity index (χ1n) is 21.0. The van der Waals surface area contributed by atoms with Gasteiger partial charge in [-0.3, -0.25) is 0 Å². The summed E-state index contributed by atoms with van der Waals surface area (Å²) in [6.45, 7) is 8.63. The minimum Gasteiger partial charge on any atom is -0.458 e. The van der Waals surface area contributed by atoms with E-state index >= 15 is 0 Å². The monoisotopic (exact) mass is 782 g/mol. The van der Waals surface area contributed by atoms with Crippen molar-refractivity contribution in [3.05, 3.63) is 206 Å². The van der Waals surface area contributed by atoms with Gasteiger partial charge in [-0.2, -0.15) is 0 Å². The van der Waals surface area contributed by atoms with Crippen molar-refractivity contribution in [3.63, 3.8) is 0 Å². The molecule has 0 fully saturated rings. The largest absolute Gasteiger partial charge is 0.458 e. The molecule has 288 valence electrons. The molecule has 1 aromatic heterocycles. The van der Waals surface area contributed by atoms with Crippen LogP contribution in [0.25, 0.3) is 56.0 Å². The number of fused-ring (bicyclic) bond motifs is 9. The molecule has 61 heavy (non-hydrogen) atoms. The number of anilines is 5. The van der Waals surface area contributed by atoms with Crippen LogP contribution in [0.2, 0.25) is 0 Å². The Morgan fingerprint density at radius 3 is 2.07 bits per heavy atom. The van der Waals surface area contributed by atoms with Crippen molar-refractivity contribution >= 4 is 96.4 Å². The van der Waals surface area contributed by atoms with Crippen molar-refractivity contribution in [1.82, 2.24) is 0 Å². The van der Waals surface area contributed by atoms with Gasteiger partial charge in [-0.05, 0) is 117 Å². The molecule has 0 N–H and O–H groups in total. The second kappa shape index (κ2) is 13.9. The number of allylic oxidation sites excluding steroid dienone is 3. The fraction of sp³-hybridized carbons (Fsp3) is 0.0357. The van der Waals surface area contributed by atoms with Crippen LogP contribution in [0.1, 0.15) is 24.0 Å². The third-order valence-electron chi connectivity index (χ3n) is 12.7. The first kappa shape index (κ1) is 35.2. The zero-order chi connectivity index (χ0) is 40.6. The van der Waals surface area contributed by atoms with Crippen LogP contribution >= 0.6 is 0 Å². The highest BCUT2D eigenvalue weighted by Gasteiger charge is 2.44. The second-order valence-corrected chi connectivity index (χ2v) is 16.0. The standard InChI is InChI=1S/C56H39BN2O2/c1-3-42-43(4-2)56-54(46-22-12-11-20-44(42)46)57-48-32-30-41(35-53(48)61-52-25-15-23-49(55(52)57)59(56)38-18-9-6-10-19-38)58(39-28-26-37(27-29-39)36-16-7-5-8-17-36)40-31-33-51-47(34-40)45-21-13-14-24-50(45)60-51/h3-5,7-9,11-35H,1-2,6,10H2. The summed E-state index contributed by atoms with van der Waals surface area (Å²) < 4.78 is 13.4. The summed E-state index contributed by atoms with van der Waals surface area (Å²) in [6.07, 6.45) is 12.9. The number of ether oxygens (including phenoxy) is 1. The van der Waals surface area contributed by atoms with Crippen LogP contribution in [0.5, 0.6) is 11.5 Å². The SMILES string of the molecule is C=Cc1c2c(c3ccccc3c1C=C)B1c3ccc(N(c4ccc(-c5ccccc5)cc4)c4ccc5oc6ccccc6c5c4)cc3Oc3cccc(c31)N2C1=CCCC=C1. The summed E-state index contributed by atoms with van der Waals surface area (Å²) in [5, 5.41) is 4.53. The summed E-state index contributed by atoms with van der Waals surface area (Å²) in [7, 11) is 0. The van der Waals surface area contributed by atoms with Crippen LogP contribution < -0.4 is 30.9 Å². The number of rotatable bonds is 7. The number of nitrogens with zero attached hydrogens (tertiary/aromatic N) is 2. The van der Waals surface area contributed by atoms with E-state index < -0.39 is 0 Å². The van der Waals surface area contributed by atoms with Crippen LogP contribution in [-0.4, -0.2) is 6.71 Å². The van der Waals surface area contributed by atoms with Gasteiger partial charge in [-0.15, -0.1) is 0 Å². The second-order valence-electron chi connectivity index (χ2n) is 16.0. The number of hydrogen-bond donors (Lipinski definition) is 0. The first-order chi connectivity index (χ1) is 30.2. The molecule has 5 heteroatoms. The molecule has 0 radical (unpaired) electrons. The maximum absolute atomic E-state index is 7.10. The van der Waals surface area contributed by atoms with Gasteiger partial charge in [0.1, 0.15) is 22.7 Å². The molecule has 0 amide bonds. The first-order valence-corrected chi connectivity index (χ1v) is 21.0. The maximum Gasteiger partial charge on any atom is 0.257 e. The van der Waals surface area contributed by atoms with Crippen molar-refractivity contribution in [1.29, 1.82) is 0 Å². The maximum atomic E-state index is 7.10. The average Bonchev–Trinajstić information content (AvgIpc) is 3.70. The molecular formula is C56H39BN2O2. The van der Waals surface area contributed by atoms with Crippen LogP contribution in [0.15, 0.2) is 199 Å². The molecule has 0 saturated carbocycles. The number of benzene rings is 8. The number of para-hydroxylation sites is 1. The van der Waals surface area contributed by atoms with Crippen LogP contribution in [-0.2, 0) is 0 Å². The number of hydrogen-bond acceptors (Lipinski definition) is 4. The Labute approximate surface area is 355 Å². The fourth-order valence-electron chi connectivity index (χ4n) is 10.0. The molecule has 8 aromatic carbocycles. The molecule has 0 unspecified atom stereocenters. The molecule has 0 spiro atoms. The molecule has 0 bridgehead atoms. The topological polar surface area (TPSA) is 28.9 Å².